The van der Waals surface area contributed by atoms with Crippen molar-refractivity contribution >= 4 is 34.0 Å². The maximum Gasteiger partial charge on any atom is 0.230 e. The lowest BCUT2D eigenvalue weighted by Gasteiger charge is -2.08. The van der Waals surface area contributed by atoms with Gasteiger partial charge in [0.15, 0.2) is 5.13 Å². The van der Waals surface area contributed by atoms with Gasteiger partial charge in [0.2, 0.25) is 11.8 Å². The van der Waals surface area contributed by atoms with Crippen molar-refractivity contribution < 1.29 is 14.3 Å². The van der Waals surface area contributed by atoms with Gasteiger partial charge in [-0.15, -0.1) is 11.3 Å². The van der Waals surface area contributed by atoms with E-state index in [4.69, 9.17) is 4.74 Å². The summed E-state index contributed by atoms with van der Waals surface area (Å²) in [5.41, 5.74) is 1.31. The predicted octanol–water partition coefficient (Wildman–Crippen LogP) is 3.71. The fourth-order valence-corrected chi connectivity index (χ4v) is 2.66. The van der Waals surface area contributed by atoms with Crippen LogP contribution in [-0.2, 0) is 16.0 Å². The Kier molecular flexibility index (Phi) is 6.94. The molecule has 0 fully saturated rings. The molecule has 0 bridgehead atoms. The lowest BCUT2D eigenvalue weighted by atomic mass is 10.2. The Hall–Kier alpha value is -2.41. The van der Waals surface area contributed by atoms with Crippen LogP contribution in [0, 0.1) is 5.92 Å². The lowest BCUT2D eigenvalue weighted by Crippen LogP contribution is -2.18. The minimum absolute atomic E-state index is 0.0887. The topological polar surface area (TPSA) is 80.3 Å². The summed E-state index contributed by atoms with van der Waals surface area (Å²) in [5.74, 6) is 0.360. The number of carbonyl (C=O) groups excluding carboxylic acids is 2. The Bertz CT molecular complexity index is 728. The van der Waals surface area contributed by atoms with Gasteiger partial charge in [-0.25, -0.2) is 4.98 Å². The Balaban J connectivity index is 1.90. The number of nitrogens with one attached hydrogen (secondary N) is 2. The SMILES string of the molecule is CCCOc1cccc(NC(=O)Cc2csc(NC(=O)C(C)C)n2)c1. The van der Waals surface area contributed by atoms with Crippen molar-refractivity contribution in [1.82, 2.24) is 4.98 Å². The Morgan fingerprint density at radius 2 is 2.08 bits per heavy atom. The van der Waals surface area contributed by atoms with Crippen LogP contribution < -0.4 is 15.4 Å². The normalized spacial score (nSPS) is 10.6. The van der Waals surface area contributed by atoms with Gasteiger partial charge in [0.25, 0.3) is 0 Å². The van der Waals surface area contributed by atoms with Gasteiger partial charge in [0, 0.05) is 23.1 Å². The average Bonchev–Trinajstić information content (AvgIpc) is 2.99. The number of nitrogens with zero attached hydrogens (tertiary/aromatic N) is 1. The van der Waals surface area contributed by atoms with E-state index in [0.29, 0.717) is 23.1 Å². The average molecular weight is 361 g/mol. The maximum absolute atomic E-state index is 12.2. The van der Waals surface area contributed by atoms with E-state index in [1.807, 2.05) is 39.0 Å². The summed E-state index contributed by atoms with van der Waals surface area (Å²) in [6.45, 7) is 6.31. The molecule has 2 aromatic rings. The summed E-state index contributed by atoms with van der Waals surface area (Å²) in [5, 5.41) is 7.85. The van der Waals surface area contributed by atoms with E-state index in [0.717, 1.165) is 12.2 Å². The first-order chi connectivity index (χ1) is 12.0. The van der Waals surface area contributed by atoms with Crippen LogP contribution in [0.4, 0.5) is 10.8 Å². The van der Waals surface area contributed by atoms with E-state index in [1.54, 1.807) is 11.4 Å². The lowest BCUT2D eigenvalue weighted by molar-refractivity contribution is -0.119. The van der Waals surface area contributed by atoms with Gasteiger partial charge in [0.1, 0.15) is 5.75 Å². The number of benzene rings is 1. The number of rotatable bonds is 8. The summed E-state index contributed by atoms with van der Waals surface area (Å²) in [7, 11) is 0. The second kappa shape index (κ2) is 9.17. The van der Waals surface area contributed by atoms with Crippen LogP contribution in [0.1, 0.15) is 32.9 Å². The molecule has 1 aromatic carbocycles. The van der Waals surface area contributed by atoms with E-state index in [9.17, 15) is 9.59 Å². The molecule has 0 atom stereocenters. The zero-order valence-electron chi connectivity index (χ0n) is 14.7. The molecule has 2 N–H and O–H groups in total. The number of hydrogen-bond acceptors (Lipinski definition) is 5. The molecule has 0 saturated carbocycles. The highest BCUT2D eigenvalue weighted by Crippen LogP contribution is 2.19. The van der Waals surface area contributed by atoms with Crippen LogP contribution in [0.15, 0.2) is 29.6 Å². The second-order valence-corrected chi connectivity index (χ2v) is 6.75. The zero-order chi connectivity index (χ0) is 18.2. The number of ether oxygens (including phenoxy) is 1. The third kappa shape index (κ3) is 6.19. The fraction of sp³-hybridized carbons (Fsp3) is 0.389. The molecule has 0 unspecified atom stereocenters. The molecule has 6 nitrogen and oxygen atoms in total. The summed E-state index contributed by atoms with van der Waals surface area (Å²) >= 11 is 1.31. The molecule has 0 saturated heterocycles. The minimum atomic E-state index is -0.167. The van der Waals surface area contributed by atoms with Gasteiger partial charge >= 0.3 is 0 Å². The maximum atomic E-state index is 12.2. The largest absolute Gasteiger partial charge is 0.494 e. The highest BCUT2D eigenvalue weighted by Gasteiger charge is 2.12. The van der Waals surface area contributed by atoms with Gasteiger partial charge < -0.3 is 15.4 Å². The highest BCUT2D eigenvalue weighted by atomic mass is 32.1. The van der Waals surface area contributed by atoms with Crippen LogP contribution in [0.2, 0.25) is 0 Å². The molecule has 0 radical (unpaired) electrons. The van der Waals surface area contributed by atoms with Gasteiger partial charge in [-0.3, -0.25) is 9.59 Å². The first-order valence-corrected chi connectivity index (χ1v) is 9.14. The monoisotopic (exact) mass is 361 g/mol. The van der Waals surface area contributed by atoms with Gasteiger partial charge in [0.05, 0.1) is 18.7 Å². The van der Waals surface area contributed by atoms with Crippen molar-refractivity contribution in [2.75, 3.05) is 17.2 Å². The molecule has 1 aromatic heterocycles. The van der Waals surface area contributed by atoms with Crippen molar-refractivity contribution in [3.63, 3.8) is 0 Å². The number of thiazole rings is 1. The smallest absolute Gasteiger partial charge is 0.230 e. The molecular weight excluding hydrogens is 338 g/mol. The second-order valence-electron chi connectivity index (χ2n) is 5.89. The fourth-order valence-electron chi connectivity index (χ4n) is 1.95. The van der Waals surface area contributed by atoms with Crippen LogP contribution >= 0.6 is 11.3 Å². The molecule has 0 aliphatic carbocycles. The number of carbonyl (C=O) groups is 2. The highest BCUT2D eigenvalue weighted by molar-refractivity contribution is 7.13. The molecule has 2 rings (SSSR count). The number of aromatic nitrogens is 1. The van der Waals surface area contributed by atoms with Crippen LogP contribution in [0.5, 0.6) is 5.75 Å². The van der Waals surface area contributed by atoms with E-state index in [-0.39, 0.29) is 24.2 Å². The first kappa shape index (κ1) is 18.9. The molecule has 25 heavy (non-hydrogen) atoms. The Morgan fingerprint density at radius 1 is 1.28 bits per heavy atom. The van der Waals surface area contributed by atoms with E-state index < -0.39 is 0 Å². The van der Waals surface area contributed by atoms with Crippen molar-refractivity contribution in [2.24, 2.45) is 5.92 Å². The van der Waals surface area contributed by atoms with E-state index >= 15 is 0 Å². The minimum Gasteiger partial charge on any atom is -0.494 e. The molecule has 0 spiro atoms. The first-order valence-electron chi connectivity index (χ1n) is 8.26. The quantitative estimate of drug-likeness (QED) is 0.751. The molecule has 1 heterocycles. The van der Waals surface area contributed by atoms with Crippen molar-refractivity contribution in [3.8, 4) is 5.75 Å². The Labute approximate surface area is 151 Å². The van der Waals surface area contributed by atoms with Crippen molar-refractivity contribution in [3.05, 3.63) is 35.3 Å². The summed E-state index contributed by atoms with van der Waals surface area (Å²) < 4.78 is 5.55. The number of hydrogen-bond donors (Lipinski definition) is 2. The van der Waals surface area contributed by atoms with Gasteiger partial charge in [-0.1, -0.05) is 26.8 Å². The van der Waals surface area contributed by atoms with Crippen molar-refractivity contribution in [1.29, 1.82) is 0 Å². The van der Waals surface area contributed by atoms with Crippen LogP contribution in [0.25, 0.3) is 0 Å². The third-order valence-electron chi connectivity index (χ3n) is 3.24. The molecule has 0 aliphatic rings. The van der Waals surface area contributed by atoms with E-state index in [2.05, 4.69) is 15.6 Å². The molecule has 0 aliphatic heterocycles. The van der Waals surface area contributed by atoms with E-state index in [1.165, 1.54) is 11.3 Å². The van der Waals surface area contributed by atoms with Gasteiger partial charge in [-0.05, 0) is 18.6 Å². The van der Waals surface area contributed by atoms with Gasteiger partial charge in [-0.2, -0.15) is 0 Å². The predicted molar refractivity (Wildman–Crippen MR) is 100 cm³/mol. The number of anilines is 2. The molecule has 2 amide bonds. The van der Waals surface area contributed by atoms with Crippen LogP contribution in [0.3, 0.4) is 0 Å². The summed E-state index contributed by atoms with van der Waals surface area (Å²) in [6, 6.07) is 7.30. The van der Waals surface area contributed by atoms with Crippen LogP contribution in [-0.4, -0.2) is 23.4 Å². The standard InChI is InChI=1S/C18H23N3O3S/c1-4-8-24-15-7-5-6-13(9-15)19-16(22)10-14-11-25-18(20-14)21-17(23)12(2)3/h5-7,9,11-12H,4,8,10H2,1-3H3,(H,19,22)(H,20,21,23). The number of amides is 2. The Morgan fingerprint density at radius 3 is 2.80 bits per heavy atom. The molecule has 7 heteroatoms. The third-order valence-corrected chi connectivity index (χ3v) is 4.05. The molecule has 134 valence electrons. The zero-order valence-corrected chi connectivity index (χ0v) is 15.5. The summed E-state index contributed by atoms with van der Waals surface area (Å²) in [6.07, 6.45) is 1.07. The summed E-state index contributed by atoms with van der Waals surface area (Å²) in [4.78, 5) is 28.1. The van der Waals surface area contributed by atoms with Crippen molar-refractivity contribution in [2.45, 2.75) is 33.6 Å². The molecular formula is C18H23N3O3S.